The van der Waals surface area contributed by atoms with E-state index in [0.29, 0.717) is 12.0 Å². The van der Waals surface area contributed by atoms with Crippen molar-refractivity contribution in [2.24, 2.45) is 10.7 Å². The number of guanidine groups is 1. The van der Waals surface area contributed by atoms with E-state index in [9.17, 15) is 4.39 Å². The lowest BCUT2D eigenvalue weighted by molar-refractivity contribution is -0.191. The van der Waals surface area contributed by atoms with Gasteiger partial charge in [-0.2, -0.15) is 4.39 Å². The van der Waals surface area contributed by atoms with Gasteiger partial charge in [-0.1, -0.05) is 30.3 Å². The predicted molar refractivity (Wildman–Crippen MR) is 106 cm³/mol. The summed E-state index contributed by atoms with van der Waals surface area (Å²) in [6, 6.07) is 15.3. The monoisotopic (exact) mass is 408 g/mol. The molecule has 3 heterocycles. The van der Waals surface area contributed by atoms with Gasteiger partial charge in [0, 0.05) is 36.9 Å². The van der Waals surface area contributed by atoms with E-state index in [-0.39, 0.29) is 22.8 Å². The Balaban J connectivity index is 1.69. The minimum Gasteiger partial charge on any atom is -0.485 e. The van der Waals surface area contributed by atoms with E-state index in [2.05, 4.69) is 9.98 Å². The molecule has 6 nitrogen and oxygen atoms in total. The Hall–Kier alpha value is -3.52. The number of rotatable bonds is 2. The normalized spacial score (nSPS) is 22.6. The molecule has 0 saturated carbocycles. The summed E-state index contributed by atoms with van der Waals surface area (Å²) in [5.41, 5.74) is 6.25. The highest BCUT2D eigenvalue weighted by atomic mass is 19.1. The van der Waals surface area contributed by atoms with Gasteiger partial charge in [0.25, 0.3) is 0 Å². The maximum Gasteiger partial charge on any atom is 0.222 e. The summed E-state index contributed by atoms with van der Waals surface area (Å²) >= 11 is 0. The first-order valence-corrected chi connectivity index (χ1v) is 9.41. The van der Waals surface area contributed by atoms with E-state index in [1.165, 1.54) is 29.5 Å². The van der Waals surface area contributed by atoms with Crippen molar-refractivity contribution in [1.82, 2.24) is 10.0 Å². The zero-order valence-electron chi connectivity index (χ0n) is 16.0. The number of ether oxygens (including phenoxy) is 1. The van der Waals surface area contributed by atoms with E-state index in [1.807, 2.05) is 30.3 Å². The van der Waals surface area contributed by atoms with Gasteiger partial charge >= 0.3 is 0 Å². The Labute approximate surface area is 171 Å². The van der Waals surface area contributed by atoms with Crippen LogP contribution >= 0.6 is 0 Å². The molecule has 152 valence electrons. The number of nitrogens with two attached hydrogens (primary N) is 1. The van der Waals surface area contributed by atoms with Crippen LogP contribution in [0.4, 0.5) is 8.78 Å². The topological polar surface area (TPSA) is 73.0 Å². The largest absolute Gasteiger partial charge is 0.485 e. The molecule has 2 aliphatic heterocycles. The number of hydroxylamine groups is 2. The van der Waals surface area contributed by atoms with Crippen LogP contribution in [0.3, 0.4) is 0 Å². The van der Waals surface area contributed by atoms with E-state index >= 15 is 4.39 Å². The molecule has 0 amide bonds. The molecular weight excluding hydrogens is 390 g/mol. The first-order chi connectivity index (χ1) is 14.5. The van der Waals surface area contributed by atoms with Gasteiger partial charge in [0.15, 0.2) is 0 Å². The molecule has 0 fully saturated rings. The van der Waals surface area contributed by atoms with Gasteiger partial charge in [-0.3, -0.25) is 0 Å². The van der Waals surface area contributed by atoms with Crippen molar-refractivity contribution in [3.63, 3.8) is 0 Å². The van der Waals surface area contributed by atoms with Crippen LogP contribution in [0.2, 0.25) is 0 Å². The van der Waals surface area contributed by atoms with Crippen LogP contribution in [0.1, 0.15) is 23.7 Å². The SMILES string of the molecule is CN1OC2(CC(c3ccccc3)Oc3cc(F)c(-c4cccnc4F)cc32)N=C1N. The summed E-state index contributed by atoms with van der Waals surface area (Å²) in [6.07, 6.45) is 1.20. The Morgan fingerprint density at radius 3 is 2.60 bits per heavy atom. The highest BCUT2D eigenvalue weighted by Crippen LogP contribution is 2.51. The van der Waals surface area contributed by atoms with Crippen molar-refractivity contribution in [3.8, 4) is 16.9 Å². The van der Waals surface area contributed by atoms with E-state index in [4.69, 9.17) is 15.3 Å². The third-order valence-corrected chi connectivity index (χ3v) is 5.35. The standard InChI is InChI=1S/C22H18F2N4O2/c1-28-21(25)27-22(30-28)12-19(13-6-3-2-4-7-13)29-18-11-17(23)15(10-16(18)22)14-8-5-9-26-20(14)24/h2-11,19H,12H2,1H3,(H2,25,27). The Morgan fingerprint density at radius 2 is 1.90 bits per heavy atom. The van der Waals surface area contributed by atoms with Crippen LogP contribution < -0.4 is 10.5 Å². The number of pyridine rings is 1. The predicted octanol–water partition coefficient (Wildman–Crippen LogP) is 3.90. The lowest BCUT2D eigenvalue weighted by atomic mass is 9.88. The maximum atomic E-state index is 15.0. The van der Waals surface area contributed by atoms with Crippen molar-refractivity contribution in [3.05, 3.63) is 83.7 Å². The Kier molecular flexibility index (Phi) is 4.18. The number of aliphatic imine (C=N–C) groups is 1. The summed E-state index contributed by atoms with van der Waals surface area (Å²) in [5.74, 6) is -0.940. The molecule has 1 aromatic heterocycles. The molecule has 0 aliphatic carbocycles. The van der Waals surface area contributed by atoms with Crippen molar-refractivity contribution >= 4 is 5.96 Å². The summed E-state index contributed by atoms with van der Waals surface area (Å²) < 4.78 is 35.4. The summed E-state index contributed by atoms with van der Waals surface area (Å²) in [6.45, 7) is 0. The fraction of sp³-hybridized carbons (Fsp3) is 0.182. The summed E-state index contributed by atoms with van der Waals surface area (Å²) in [5, 5.41) is 1.37. The molecule has 0 radical (unpaired) electrons. The molecule has 2 aromatic carbocycles. The molecule has 0 saturated heterocycles. The molecule has 2 atom stereocenters. The zero-order chi connectivity index (χ0) is 20.9. The van der Waals surface area contributed by atoms with Gasteiger partial charge in [-0.05, 0) is 23.8 Å². The second-order valence-electron chi connectivity index (χ2n) is 7.23. The van der Waals surface area contributed by atoms with Crippen molar-refractivity contribution in [1.29, 1.82) is 0 Å². The molecular formula is C22H18F2N4O2. The van der Waals surface area contributed by atoms with E-state index in [0.717, 1.165) is 5.56 Å². The average Bonchev–Trinajstić information content (AvgIpc) is 3.02. The highest BCUT2D eigenvalue weighted by Gasteiger charge is 2.49. The van der Waals surface area contributed by atoms with E-state index < -0.39 is 23.6 Å². The van der Waals surface area contributed by atoms with Crippen molar-refractivity contribution in [2.75, 3.05) is 7.05 Å². The van der Waals surface area contributed by atoms with Gasteiger partial charge in [-0.25, -0.2) is 24.3 Å². The van der Waals surface area contributed by atoms with Crippen LogP contribution in [-0.4, -0.2) is 23.1 Å². The smallest absolute Gasteiger partial charge is 0.222 e. The van der Waals surface area contributed by atoms with Crippen molar-refractivity contribution < 1.29 is 18.4 Å². The molecule has 2 unspecified atom stereocenters. The first-order valence-electron chi connectivity index (χ1n) is 9.41. The molecule has 1 spiro atoms. The molecule has 2 aliphatic rings. The quantitative estimate of drug-likeness (QED) is 0.652. The van der Waals surface area contributed by atoms with Gasteiger partial charge in [0.1, 0.15) is 17.7 Å². The second kappa shape index (κ2) is 6.77. The molecule has 30 heavy (non-hydrogen) atoms. The minimum absolute atomic E-state index is 0.0430. The summed E-state index contributed by atoms with van der Waals surface area (Å²) in [7, 11) is 1.64. The van der Waals surface area contributed by atoms with Crippen LogP contribution in [0.5, 0.6) is 5.75 Å². The zero-order valence-corrected chi connectivity index (χ0v) is 16.0. The van der Waals surface area contributed by atoms with Crippen LogP contribution in [0, 0.1) is 11.8 Å². The Bertz CT molecular complexity index is 1160. The van der Waals surface area contributed by atoms with Crippen molar-refractivity contribution in [2.45, 2.75) is 18.2 Å². The maximum absolute atomic E-state index is 15.0. The lowest BCUT2D eigenvalue weighted by Crippen LogP contribution is -2.36. The number of aromatic nitrogens is 1. The van der Waals surface area contributed by atoms with Gasteiger partial charge in [-0.15, -0.1) is 0 Å². The van der Waals surface area contributed by atoms with Gasteiger partial charge in [0.05, 0.1) is 5.56 Å². The molecule has 2 N–H and O–H groups in total. The van der Waals surface area contributed by atoms with Gasteiger partial charge < -0.3 is 10.5 Å². The number of hydrogen-bond donors (Lipinski definition) is 1. The van der Waals surface area contributed by atoms with Gasteiger partial charge in [0.2, 0.25) is 17.6 Å². The lowest BCUT2D eigenvalue weighted by Gasteiger charge is -2.37. The fourth-order valence-electron chi connectivity index (χ4n) is 3.90. The van der Waals surface area contributed by atoms with Crippen LogP contribution in [0.15, 0.2) is 65.8 Å². The molecule has 3 aromatic rings. The first kappa shape index (κ1) is 18.5. The Morgan fingerprint density at radius 1 is 1.10 bits per heavy atom. The third-order valence-electron chi connectivity index (χ3n) is 5.35. The molecule has 0 bridgehead atoms. The number of fused-ring (bicyclic) bond motifs is 2. The number of nitrogens with zero attached hydrogens (tertiary/aromatic N) is 3. The number of hydrogen-bond acceptors (Lipinski definition) is 6. The van der Waals surface area contributed by atoms with E-state index in [1.54, 1.807) is 13.1 Å². The second-order valence-corrected chi connectivity index (χ2v) is 7.23. The van der Waals surface area contributed by atoms with Crippen LogP contribution in [0.25, 0.3) is 11.1 Å². The van der Waals surface area contributed by atoms with Crippen LogP contribution in [-0.2, 0) is 10.6 Å². The number of benzene rings is 2. The summed E-state index contributed by atoms with van der Waals surface area (Å²) in [4.78, 5) is 14.2. The third kappa shape index (κ3) is 2.88. The fourth-order valence-corrected chi connectivity index (χ4v) is 3.90. The molecule has 8 heteroatoms. The highest BCUT2D eigenvalue weighted by molar-refractivity contribution is 5.79. The number of halogens is 2. The average molecular weight is 408 g/mol. The minimum atomic E-state index is -1.21. The molecule has 5 rings (SSSR count).